The third-order valence-corrected chi connectivity index (χ3v) is 13.9. The smallest absolute Gasteiger partial charge is 0.0654 e. The monoisotopic (exact) mass is 470 g/mol. The molecule has 2 heteroatoms. The summed E-state index contributed by atoms with van der Waals surface area (Å²) in [5.41, 5.74) is 2.39. The van der Waals surface area contributed by atoms with Gasteiger partial charge in [0.25, 0.3) is 0 Å². The predicted molar refractivity (Wildman–Crippen MR) is 141 cm³/mol. The first kappa shape index (κ1) is 25.3. The van der Waals surface area contributed by atoms with E-state index in [9.17, 15) is 10.2 Å². The summed E-state index contributed by atoms with van der Waals surface area (Å²) in [6.07, 6.45) is 15.2. The van der Waals surface area contributed by atoms with E-state index in [0.717, 1.165) is 31.6 Å². The maximum Gasteiger partial charge on any atom is 0.0654 e. The Morgan fingerprint density at radius 3 is 2.12 bits per heavy atom. The minimum absolute atomic E-state index is 0.118. The molecule has 5 aliphatic carbocycles. The fourth-order valence-electron chi connectivity index (χ4n) is 11.4. The molecular weight excluding hydrogens is 416 g/mol. The second kappa shape index (κ2) is 7.59. The molecule has 5 saturated carbocycles. The first-order valence-electron chi connectivity index (χ1n) is 14.7. The first-order chi connectivity index (χ1) is 15.6. The van der Waals surface area contributed by atoms with Crippen molar-refractivity contribution in [3.05, 3.63) is 11.6 Å². The van der Waals surface area contributed by atoms with Crippen LogP contribution in [0.25, 0.3) is 0 Å². The van der Waals surface area contributed by atoms with Gasteiger partial charge in [-0.05, 0) is 142 Å². The summed E-state index contributed by atoms with van der Waals surface area (Å²) in [6.45, 7) is 19.3. The van der Waals surface area contributed by atoms with E-state index < -0.39 is 5.60 Å². The molecule has 9 unspecified atom stereocenters. The highest BCUT2D eigenvalue weighted by atomic mass is 16.3. The zero-order chi connectivity index (χ0) is 24.9. The van der Waals surface area contributed by atoms with Crippen LogP contribution >= 0.6 is 0 Å². The largest absolute Gasteiger partial charge is 0.393 e. The third-order valence-electron chi connectivity index (χ3n) is 13.9. The van der Waals surface area contributed by atoms with Crippen molar-refractivity contribution >= 4 is 0 Å². The Balaban J connectivity index is 1.46. The van der Waals surface area contributed by atoms with Crippen LogP contribution < -0.4 is 0 Å². The number of hydrogen-bond donors (Lipinski definition) is 2. The lowest BCUT2D eigenvalue weighted by atomic mass is 9.34. The average Bonchev–Trinajstić information content (AvgIpc) is 3.42. The molecule has 0 saturated heterocycles. The highest BCUT2D eigenvalue weighted by molar-refractivity contribution is 5.22. The fraction of sp³-hybridized carbons (Fsp3) is 0.938. The molecule has 0 aromatic carbocycles. The normalized spacial score (nSPS) is 50.0. The minimum Gasteiger partial charge on any atom is -0.393 e. The van der Waals surface area contributed by atoms with Crippen LogP contribution in [0, 0.1) is 50.7 Å². The number of rotatable bonds is 4. The standard InChI is InChI=1S/C32H54O2/c1-21(2)10-9-13-31(8,34)22-11-14-30(7)26(22)23(33)20-25-28(5)16-17-32(18-19-32)27(3,4)24(28)12-15-29(25,30)6/h10,22-26,33-34H,9,11-20H2,1-8H3. The molecular formula is C32H54O2. The molecule has 0 bridgehead atoms. The summed E-state index contributed by atoms with van der Waals surface area (Å²) in [5, 5.41) is 23.6. The van der Waals surface area contributed by atoms with Gasteiger partial charge in [-0.1, -0.05) is 46.3 Å². The molecule has 194 valence electrons. The van der Waals surface area contributed by atoms with Crippen molar-refractivity contribution < 1.29 is 10.2 Å². The van der Waals surface area contributed by atoms with Crippen molar-refractivity contribution in [3.63, 3.8) is 0 Å². The van der Waals surface area contributed by atoms with Crippen molar-refractivity contribution in [2.75, 3.05) is 0 Å². The molecule has 9 atom stereocenters. The summed E-state index contributed by atoms with van der Waals surface area (Å²) in [7, 11) is 0. The topological polar surface area (TPSA) is 40.5 Å². The Morgan fingerprint density at radius 1 is 0.882 bits per heavy atom. The molecule has 5 rings (SSSR count). The van der Waals surface area contributed by atoms with Crippen molar-refractivity contribution in [1.82, 2.24) is 0 Å². The van der Waals surface area contributed by atoms with Crippen LogP contribution in [0.2, 0.25) is 0 Å². The zero-order valence-corrected chi connectivity index (χ0v) is 23.6. The molecule has 0 aromatic rings. The van der Waals surface area contributed by atoms with Gasteiger partial charge < -0.3 is 10.2 Å². The third kappa shape index (κ3) is 3.19. The molecule has 0 aromatic heterocycles. The van der Waals surface area contributed by atoms with Crippen LogP contribution in [0.1, 0.15) is 126 Å². The molecule has 34 heavy (non-hydrogen) atoms. The van der Waals surface area contributed by atoms with Crippen LogP contribution in [-0.2, 0) is 0 Å². The lowest BCUT2D eigenvalue weighted by Gasteiger charge is -2.71. The van der Waals surface area contributed by atoms with E-state index in [1.807, 2.05) is 0 Å². The van der Waals surface area contributed by atoms with Gasteiger partial charge in [-0.3, -0.25) is 0 Å². The van der Waals surface area contributed by atoms with Crippen LogP contribution in [0.3, 0.4) is 0 Å². The van der Waals surface area contributed by atoms with Crippen LogP contribution in [0.4, 0.5) is 0 Å². The summed E-state index contributed by atoms with van der Waals surface area (Å²) in [4.78, 5) is 0. The van der Waals surface area contributed by atoms with Gasteiger partial charge in [-0.2, -0.15) is 0 Å². The molecule has 0 radical (unpaired) electrons. The SMILES string of the molecule is CC(C)=CCCC(C)(O)C1CCC2(C)C1C(O)CC1C3(C)CCC4(CC4)C(C)(C)C3CCC12C. The van der Waals surface area contributed by atoms with Gasteiger partial charge in [0.1, 0.15) is 0 Å². The lowest BCUT2D eigenvalue weighted by Crippen LogP contribution is -2.66. The first-order valence-corrected chi connectivity index (χ1v) is 14.7. The number of hydrogen-bond acceptors (Lipinski definition) is 2. The molecule has 5 fully saturated rings. The molecule has 5 aliphatic rings. The van der Waals surface area contributed by atoms with E-state index in [1.54, 1.807) is 0 Å². The Hall–Kier alpha value is -0.340. The summed E-state index contributed by atoms with van der Waals surface area (Å²) in [6, 6.07) is 0. The Kier molecular flexibility index (Phi) is 5.65. The van der Waals surface area contributed by atoms with E-state index in [0.29, 0.717) is 22.2 Å². The van der Waals surface area contributed by atoms with Crippen molar-refractivity contribution in [2.45, 2.75) is 138 Å². The Labute approximate surface area is 210 Å². The predicted octanol–water partition coefficient (Wildman–Crippen LogP) is 7.92. The molecule has 0 heterocycles. The van der Waals surface area contributed by atoms with Gasteiger partial charge in [-0.15, -0.1) is 0 Å². The number of aliphatic hydroxyl groups is 2. The summed E-state index contributed by atoms with van der Waals surface area (Å²) < 4.78 is 0. The number of allylic oxidation sites excluding steroid dienone is 2. The van der Waals surface area contributed by atoms with Crippen molar-refractivity contribution in [1.29, 1.82) is 0 Å². The van der Waals surface area contributed by atoms with Gasteiger partial charge >= 0.3 is 0 Å². The van der Waals surface area contributed by atoms with Crippen LogP contribution in [-0.4, -0.2) is 21.9 Å². The van der Waals surface area contributed by atoms with Gasteiger partial charge in [0, 0.05) is 0 Å². The van der Waals surface area contributed by atoms with Gasteiger partial charge in [0.2, 0.25) is 0 Å². The highest BCUT2D eigenvalue weighted by Crippen LogP contribution is 2.80. The van der Waals surface area contributed by atoms with Gasteiger partial charge in [0.15, 0.2) is 0 Å². The molecule has 2 N–H and O–H groups in total. The number of aliphatic hydroxyl groups excluding tert-OH is 1. The van der Waals surface area contributed by atoms with Crippen LogP contribution in [0.15, 0.2) is 11.6 Å². The molecule has 0 aliphatic heterocycles. The Morgan fingerprint density at radius 2 is 1.50 bits per heavy atom. The average molecular weight is 471 g/mol. The molecule has 0 amide bonds. The van der Waals surface area contributed by atoms with E-state index in [-0.39, 0.29) is 28.8 Å². The van der Waals surface area contributed by atoms with Crippen LogP contribution in [0.5, 0.6) is 0 Å². The fourth-order valence-corrected chi connectivity index (χ4v) is 11.4. The lowest BCUT2D eigenvalue weighted by molar-refractivity contribution is -0.244. The van der Waals surface area contributed by atoms with E-state index >= 15 is 0 Å². The van der Waals surface area contributed by atoms with E-state index in [4.69, 9.17) is 0 Å². The summed E-state index contributed by atoms with van der Waals surface area (Å²) in [5.74, 6) is 1.81. The van der Waals surface area contributed by atoms with Gasteiger partial charge in [0.05, 0.1) is 11.7 Å². The zero-order valence-electron chi connectivity index (χ0n) is 23.6. The Bertz CT molecular complexity index is 845. The molecule has 1 spiro atoms. The quantitative estimate of drug-likeness (QED) is 0.410. The highest BCUT2D eigenvalue weighted by Gasteiger charge is 2.73. The second-order valence-corrected chi connectivity index (χ2v) is 15.6. The summed E-state index contributed by atoms with van der Waals surface area (Å²) >= 11 is 0. The van der Waals surface area contributed by atoms with Crippen molar-refractivity contribution in [2.24, 2.45) is 50.7 Å². The maximum atomic E-state index is 11.9. The molecule has 2 nitrogen and oxygen atoms in total. The minimum atomic E-state index is -0.704. The number of fused-ring (bicyclic) bond motifs is 5. The second-order valence-electron chi connectivity index (χ2n) is 15.6. The maximum absolute atomic E-state index is 11.9. The van der Waals surface area contributed by atoms with Crippen molar-refractivity contribution in [3.8, 4) is 0 Å². The van der Waals surface area contributed by atoms with E-state index in [2.05, 4.69) is 61.5 Å². The van der Waals surface area contributed by atoms with Gasteiger partial charge in [-0.25, -0.2) is 0 Å². The van der Waals surface area contributed by atoms with E-state index in [1.165, 1.54) is 50.5 Å².